The summed E-state index contributed by atoms with van der Waals surface area (Å²) in [6.07, 6.45) is 0. The molecule has 33 aromatic rings. The molecule has 9 heterocycles. The average Bonchev–Trinajstić information content (AvgIpc) is 1.56. The first-order chi connectivity index (χ1) is 72.9. The molecule has 0 atom stereocenters. The van der Waals surface area contributed by atoms with Gasteiger partial charge >= 0.3 is 0 Å². The zero-order valence-electron chi connectivity index (χ0n) is 79.4. The van der Waals surface area contributed by atoms with Crippen LogP contribution in [0.4, 0.5) is 0 Å². The maximum atomic E-state index is 2.43. The first-order valence-corrected chi connectivity index (χ1v) is 52.7. The van der Waals surface area contributed by atoms with Gasteiger partial charge < -0.3 is 27.4 Å². The lowest BCUT2D eigenvalue weighted by atomic mass is 9.99. The molecule has 0 aliphatic rings. The predicted octanol–water partition coefficient (Wildman–Crippen LogP) is 39.2. The summed E-state index contributed by atoms with van der Waals surface area (Å²) in [6, 6.07) is 187. The monoisotopic (exact) mass is 1920 g/mol. The van der Waals surface area contributed by atoms with Crippen molar-refractivity contribution in [2.45, 2.75) is 0 Å². The quantitative estimate of drug-likeness (QED) is 0.138. The van der Waals surface area contributed by atoms with Crippen LogP contribution in [0.15, 0.2) is 510 Å². The molecule has 0 bridgehead atoms. The van der Waals surface area contributed by atoms with Gasteiger partial charge in [-0.05, 0) is 284 Å². The number of thiophene rings is 3. The molecular formula is C138H84N6S3. The zero-order valence-corrected chi connectivity index (χ0v) is 81.9. The molecule has 0 aliphatic carbocycles. The van der Waals surface area contributed by atoms with E-state index >= 15 is 0 Å². The van der Waals surface area contributed by atoms with Gasteiger partial charge in [0.15, 0.2) is 0 Å². The third-order valence-electron chi connectivity index (χ3n) is 30.8. The number of fused-ring (bicyclic) bond motifs is 31. The van der Waals surface area contributed by atoms with Crippen molar-refractivity contribution in [1.29, 1.82) is 0 Å². The molecule has 684 valence electrons. The molecule has 0 aliphatic heterocycles. The van der Waals surface area contributed by atoms with Crippen LogP contribution in [0.1, 0.15) is 0 Å². The largest absolute Gasteiger partial charge is 0.309 e. The topological polar surface area (TPSA) is 29.6 Å². The second-order valence-electron chi connectivity index (χ2n) is 38.9. The molecule has 0 amide bonds. The lowest BCUT2D eigenvalue weighted by Gasteiger charge is -2.10. The van der Waals surface area contributed by atoms with E-state index in [1.807, 2.05) is 34.0 Å². The molecule has 33 rings (SSSR count). The van der Waals surface area contributed by atoms with Crippen molar-refractivity contribution < 1.29 is 0 Å². The molecule has 0 radical (unpaired) electrons. The minimum absolute atomic E-state index is 1.18. The summed E-state index contributed by atoms with van der Waals surface area (Å²) >= 11 is 5.64. The smallest absolute Gasteiger partial charge is 0.0555 e. The highest BCUT2D eigenvalue weighted by atomic mass is 32.1. The minimum Gasteiger partial charge on any atom is -0.309 e. The van der Waals surface area contributed by atoms with Crippen LogP contribution < -0.4 is 0 Å². The van der Waals surface area contributed by atoms with E-state index in [2.05, 4.69) is 537 Å². The number of hydrogen-bond donors (Lipinski definition) is 0. The van der Waals surface area contributed by atoms with Crippen molar-refractivity contribution in [3.8, 4) is 67.5 Å². The lowest BCUT2D eigenvalue weighted by molar-refractivity contribution is 1.18. The summed E-state index contributed by atoms with van der Waals surface area (Å²) in [5.41, 5.74) is 29.1. The number of hydrogen-bond acceptors (Lipinski definition) is 3. The molecule has 0 saturated heterocycles. The predicted molar refractivity (Wildman–Crippen MR) is 633 cm³/mol. The van der Waals surface area contributed by atoms with Crippen LogP contribution in [0.25, 0.3) is 291 Å². The molecule has 6 nitrogen and oxygen atoms in total. The Balaban J connectivity index is 0.0000000999. The standard InChI is InChI=1S/3C46H28N2S/c1-2-12-33(13-3-1)47-43-23-20-32(26-38(43)39-28-46-40(27-44(39)47)36-15-7-9-17-45(36)49-46)31-19-22-42-37(25-31)35-14-6-8-16-41(35)48(42)34-21-18-29-10-4-5-11-30(29)24-34;1-2-12-33(13-3-1)47-43-23-20-32(26-38(43)39-27-40-36-15-7-9-17-45(36)49-46(40)28-44(39)47)31-19-22-42-37(25-31)35-14-6-8-16-41(35)48(42)34-21-18-29-10-4-5-11-30(29)24-34;1-2-12-33(13-3-1)47-41-23-20-32(28-38(41)45-42(47)24-25-44-46(45)36-15-7-9-17-43(36)49-44)31-19-22-40-37(27-31)35-14-6-8-16-39(35)48(40)34-21-18-29-10-4-5-11-30(29)26-34/h3*1-28H. The van der Waals surface area contributed by atoms with Gasteiger partial charge in [-0.25, -0.2) is 0 Å². The number of aromatic nitrogens is 6. The van der Waals surface area contributed by atoms with Crippen molar-refractivity contribution in [3.63, 3.8) is 0 Å². The van der Waals surface area contributed by atoms with Crippen LogP contribution in [-0.2, 0) is 0 Å². The van der Waals surface area contributed by atoms with Gasteiger partial charge in [-0.3, -0.25) is 0 Å². The Morgan fingerprint density at radius 2 is 0.374 bits per heavy atom. The zero-order chi connectivity index (χ0) is 96.2. The molecule has 0 unspecified atom stereocenters. The molecule has 0 saturated carbocycles. The van der Waals surface area contributed by atoms with Crippen LogP contribution in [0.3, 0.4) is 0 Å². The Kier molecular flexibility index (Phi) is 18.7. The highest BCUT2D eigenvalue weighted by Gasteiger charge is 2.26. The minimum atomic E-state index is 1.18. The number of rotatable bonds is 9. The Morgan fingerprint density at radius 3 is 0.782 bits per heavy atom. The SMILES string of the molecule is c1ccc(-n2c3ccc(-c4ccc5c(c4)c4ccccc4n5-c4ccc5ccccc5c4)cc3c3c4c(ccc32)sc2ccccc24)cc1.c1ccc(-n2c3ccc(-c4ccc5c(c4)c4ccccc4n5-c4ccc5ccccc5c4)cc3c3cc4c(cc32)sc2ccccc24)cc1.c1ccc(-n2c3ccc(-c4ccc5c(c4)c4ccccc4n5-c4ccc5ccccc5c4)cc3c3cc4sc5ccccc5c4cc32)cc1. The van der Waals surface area contributed by atoms with Gasteiger partial charge in [0.2, 0.25) is 0 Å². The van der Waals surface area contributed by atoms with Gasteiger partial charge in [0.05, 0.1) is 66.2 Å². The number of nitrogens with zero attached hydrogens (tertiary/aromatic N) is 6. The Morgan fingerprint density at radius 1 is 0.109 bits per heavy atom. The van der Waals surface area contributed by atoms with E-state index in [1.54, 1.807) is 0 Å². The van der Waals surface area contributed by atoms with Crippen molar-refractivity contribution in [2.24, 2.45) is 0 Å². The van der Waals surface area contributed by atoms with E-state index in [0.717, 1.165) is 0 Å². The maximum Gasteiger partial charge on any atom is 0.0555 e. The van der Waals surface area contributed by atoms with Crippen LogP contribution in [0.5, 0.6) is 0 Å². The van der Waals surface area contributed by atoms with E-state index < -0.39 is 0 Å². The summed E-state index contributed by atoms with van der Waals surface area (Å²) in [5.74, 6) is 0. The van der Waals surface area contributed by atoms with Crippen molar-refractivity contribution in [3.05, 3.63) is 510 Å². The van der Waals surface area contributed by atoms with E-state index in [0.29, 0.717) is 0 Å². The first kappa shape index (κ1) is 83.2. The molecule has 9 aromatic heterocycles. The highest BCUT2D eigenvalue weighted by molar-refractivity contribution is 7.26. The summed E-state index contributed by atoms with van der Waals surface area (Å²) in [5, 5.41) is 30.8. The Hall–Kier alpha value is -18.5. The van der Waals surface area contributed by atoms with Gasteiger partial charge in [-0.1, -0.05) is 291 Å². The summed E-state index contributed by atoms with van der Waals surface area (Å²) < 4.78 is 22.5. The van der Waals surface area contributed by atoms with Crippen molar-refractivity contribution >= 4 is 258 Å². The first-order valence-electron chi connectivity index (χ1n) is 50.3. The van der Waals surface area contributed by atoms with Crippen LogP contribution in [-0.4, -0.2) is 27.4 Å². The van der Waals surface area contributed by atoms with Gasteiger partial charge in [0, 0.05) is 159 Å². The fourth-order valence-corrected chi connectivity index (χ4v) is 27.5. The van der Waals surface area contributed by atoms with Gasteiger partial charge in [0.1, 0.15) is 0 Å². The molecular weight excluding hydrogens is 1840 g/mol. The van der Waals surface area contributed by atoms with E-state index in [9.17, 15) is 0 Å². The maximum absolute atomic E-state index is 2.43. The third kappa shape index (κ3) is 13.2. The second kappa shape index (κ2) is 33.1. The van der Waals surface area contributed by atoms with Crippen LogP contribution in [0, 0.1) is 0 Å². The Bertz CT molecular complexity index is 11300. The normalized spacial score (nSPS) is 12.1. The fraction of sp³-hybridized carbons (Fsp3) is 0. The molecule has 147 heavy (non-hydrogen) atoms. The van der Waals surface area contributed by atoms with Gasteiger partial charge in [0.25, 0.3) is 0 Å². The highest BCUT2D eigenvalue weighted by Crippen LogP contribution is 2.50. The average molecular weight is 1920 g/mol. The summed E-state index contributed by atoms with van der Waals surface area (Å²) in [4.78, 5) is 0. The lowest BCUT2D eigenvalue weighted by Crippen LogP contribution is -1.94. The van der Waals surface area contributed by atoms with Crippen LogP contribution >= 0.6 is 34.0 Å². The van der Waals surface area contributed by atoms with Crippen molar-refractivity contribution in [1.82, 2.24) is 27.4 Å². The van der Waals surface area contributed by atoms with Gasteiger partial charge in [-0.15, -0.1) is 34.0 Å². The summed E-state index contributed by atoms with van der Waals surface area (Å²) in [6.45, 7) is 0. The van der Waals surface area contributed by atoms with Crippen molar-refractivity contribution in [2.75, 3.05) is 0 Å². The van der Waals surface area contributed by atoms with Crippen LogP contribution in [0.2, 0.25) is 0 Å². The Labute approximate surface area is 855 Å². The third-order valence-corrected chi connectivity index (χ3v) is 34.2. The molecule has 0 N–H and O–H groups in total. The molecule has 24 aromatic carbocycles. The molecule has 9 heteroatoms. The van der Waals surface area contributed by atoms with Gasteiger partial charge in [-0.2, -0.15) is 0 Å². The fourth-order valence-electron chi connectivity index (χ4n) is 24.1. The van der Waals surface area contributed by atoms with E-state index in [4.69, 9.17) is 0 Å². The molecule has 0 spiro atoms. The number of benzene rings is 24. The number of para-hydroxylation sites is 6. The van der Waals surface area contributed by atoms with E-state index in [-0.39, 0.29) is 0 Å². The van der Waals surface area contributed by atoms with E-state index in [1.165, 1.54) is 291 Å². The summed E-state index contributed by atoms with van der Waals surface area (Å²) in [7, 11) is 0. The molecule has 0 fully saturated rings. The second-order valence-corrected chi connectivity index (χ2v) is 42.2.